The van der Waals surface area contributed by atoms with Crippen molar-refractivity contribution in [3.63, 3.8) is 0 Å². The predicted octanol–water partition coefficient (Wildman–Crippen LogP) is 4.91. The average molecular weight is 512 g/mol. The van der Waals surface area contributed by atoms with Gasteiger partial charge in [-0.25, -0.2) is 18.4 Å². The summed E-state index contributed by atoms with van der Waals surface area (Å²) in [5.41, 5.74) is 8.75. The Morgan fingerprint density at radius 2 is 1.64 bits per heavy atom. The molecule has 0 fully saturated rings. The molecule has 192 valence electrons. The number of hydrogen-bond donors (Lipinski definition) is 6. The van der Waals surface area contributed by atoms with Crippen LogP contribution in [0.1, 0.15) is 32.8 Å². The monoisotopic (exact) mass is 511 g/mol. The Labute approximate surface area is 212 Å². The maximum absolute atomic E-state index is 11.5. The van der Waals surface area contributed by atoms with Gasteiger partial charge in [-0.3, -0.25) is 10.7 Å². The largest absolute Gasteiger partial charge is 0.465 e. The fraction of sp³-hybridized carbons (Fsp3) is 0.231. The van der Waals surface area contributed by atoms with Gasteiger partial charge in [0.2, 0.25) is 10.0 Å². The third-order valence-electron chi connectivity index (χ3n) is 5.71. The van der Waals surface area contributed by atoms with E-state index in [0.29, 0.717) is 28.8 Å². The number of anilines is 2. The highest BCUT2D eigenvalue weighted by Crippen LogP contribution is 2.27. The van der Waals surface area contributed by atoms with Gasteiger partial charge < -0.3 is 16.2 Å². The number of nitrogens with two attached hydrogens (primary N) is 2. The highest BCUT2D eigenvalue weighted by atomic mass is 32.2. The van der Waals surface area contributed by atoms with Gasteiger partial charge in [0, 0.05) is 28.5 Å². The normalized spacial score (nSPS) is 12.4. The lowest BCUT2D eigenvalue weighted by molar-refractivity contribution is 0.209. The molecule has 3 aromatic carbocycles. The number of primary sulfonamides is 1. The second-order valence-corrected chi connectivity index (χ2v) is 9.89. The van der Waals surface area contributed by atoms with Crippen molar-refractivity contribution in [2.45, 2.75) is 38.1 Å². The highest BCUT2D eigenvalue weighted by Gasteiger charge is 2.14. The van der Waals surface area contributed by atoms with Crippen molar-refractivity contribution in [2.75, 3.05) is 10.6 Å². The molecular weight excluding hydrogens is 478 g/mol. The van der Waals surface area contributed by atoms with Crippen molar-refractivity contribution >= 4 is 33.3 Å². The lowest BCUT2D eigenvalue weighted by Gasteiger charge is -2.21. The number of nitrogens with one attached hydrogen (secondary N) is 3. The Morgan fingerprint density at radius 3 is 2.19 bits per heavy atom. The van der Waals surface area contributed by atoms with Crippen LogP contribution < -0.4 is 21.5 Å². The molecule has 0 radical (unpaired) electrons. The quantitative estimate of drug-likeness (QED) is 0.185. The van der Waals surface area contributed by atoms with Crippen LogP contribution in [0.25, 0.3) is 11.1 Å². The molecule has 2 atom stereocenters. The number of hydrogen-bond acceptors (Lipinski definition) is 5. The maximum atomic E-state index is 11.5. The number of amides is 1. The third kappa shape index (κ3) is 8.40. The highest BCUT2D eigenvalue weighted by molar-refractivity contribution is 7.89. The third-order valence-corrected chi connectivity index (χ3v) is 6.68. The van der Waals surface area contributed by atoms with Crippen LogP contribution in [0.4, 0.5) is 16.2 Å². The molecular formula is C26H33N5O4S. The molecule has 8 N–H and O–H groups in total. The van der Waals surface area contributed by atoms with Crippen molar-refractivity contribution in [3.8, 4) is 11.1 Å². The van der Waals surface area contributed by atoms with Crippen molar-refractivity contribution in [2.24, 2.45) is 16.8 Å². The summed E-state index contributed by atoms with van der Waals surface area (Å²) in [6.07, 6.45) is -0.0108. The summed E-state index contributed by atoms with van der Waals surface area (Å²) in [5.74, 6) is 0.737. The zero-order chi connectivity index (χ0) is 26.9. The van der Waals surface area contributed by atoms with Gasteiger partial charge in [0.25, 0.3) is 0 Å². The van der Waals surface area contributed by atoms with E-state index in [4.69, 9.17) is 21.4 Å². The molecule has 9 nitrogen and oxygen atoms in total. The molecule has 3 rings (SSSR count). The van der Waals surface area contributed by atoms with Gasteiger partial charge in [0.15, 0.2) is 0 Å². The fourth-order valence-electron chi connectivity index (χ4n) is 3.35. The van der Waals surface area contributed by atoms with E-state index < -0.39 is 16.1 Å². The first-order valence-corrected chi connectivity index (χ1v) is 12.9. The van der Waals surface area contributed by atoms with E-state index in [1.165, 1.54) is 6.07 Å². The molecule has 1 amide bonds. The topological polar surface area (TPSA) is 171 Å². The molecule has 0 aliphatic heterocycles. The summed E-state index contributed by atoms with van der Waals surface area (Å²) in [7, 11) is -3.82. The summed E-state index contributed by atoms with van der Waals surface area (Å²) in [5, 5.41) is 26.8. The number of nitrogen functional groups attached to an aromatic ring is 1. The van der Waals surface area contributed by atoms with Crippen molar-refractivity contribution in [3.05, 3.63) is 78.4 Å². The number of sulfonamides is 1. The molecule has 36 heavy (non-hydrogen) atoms. The van der Waals surface area contributed by atoms with E-state index in [1.54, 1.807) is 42.5 Å². The molecule has 0 saturated carbocycles. The van der Waals surface area contributed by atoms with Crippen LogP contribution in [0.3, 0.4) is 0 Å². The van der Waals surface area contributed by atoms with Gasteiger partial charge >= 0.3 is 6.09 Å². The van der Waals surface area contributed by atoms with Crippen LogP contribution in [0.2, 0.25) is 0 Å². The minimum absolute atomic E-state index is 0.0268. The first-order valence-electron chi connectivity index (χ1n) is 11.4. The lowest BCUT2D eigenvalue weighted by atomic mass is 10.0. The Hall–Kier alpha value is -3.89. The number of carbonyl (C=O) groups is 1. The molecule has 0 saturated heterocycles. The number of carboxylic acid groups (broad SMARTS) is 1. The van der Waals surface area contributed by atoms with E-state index in [0.717, 1.165) is 17.7 Å². The minimum atomic E-state index is -3.82. The van der Waals surface area contributed by atoms with E-state index in [1.807, 2.05) is 24.3 Å². The van der Waals surface area contributed by atoms with Gasteiger partial charge in [0.1, 0.15) is 5.84 Å². The first-order chi connectivity index (χ1) is 16.9. The zero-order valence-electron chi connectivity index (χ0n) is 20.5. The van der Waals surface area contributed by atoms with Crippen LogP contribution in [0.5, 0.6) is 0 Å². The SMILES string of the molecule is CC[C@H](C)[C@H](C)Nc1cccc(C(=N)N)c1.NS(=O)(=O)c1ccccc1-c1ccc(NC(=O)O)cc1. The molecule has 0 heterocycles. The summed E-state index contributed by atoms with van der Waals surface area (Å²) < 4.78 is 23.1. The second kappa shape index (κ2) is 12.7. The number of rotatable bonds is 8. The van der Waals surface area contributed by atoms with Crippen molar-refractivity contribution in [1.29, 1.82) is 5.41 Å². The summed E-state index contributed by atoms with van der Waals surface area (Å²) >= 11 is 0. The standard InChI is InChI=1S/C13H21N3.C13H12N2O4S/c1-4-9(2)10(3)16-12-7-5-6-11(8-12)13(14)15;14-20(18,19)12-4-2-1-3-11(12)9-5-7-10(8-6-9)15-13(16)17/h5-10,16H,4H2,1-3H3,(H3,14,15);1-8,15H,(H,16,17)(H2,14,18,19)/t9-,10-;/m0./s1. The predicted molar refractivity (Wildman–Crippen MR) is 145 cm³/mol. The Balaban J connectivity index is 0.000000261. The lowest BCUT2D eigenvalue weighted by Crippen LogP contribution is -2.23. The minimum Gasteiger partial charge on any atom is -0.465 e. The molecule has 0 aliphatic carbocycles. The average Bonchev–Trinajstić information content (AvgIpc) is 2.83. The summed E-state index contributed by atoms with van der Waals surface area (Å²) in [6.45, 7) is 6.59. The van der Waals surface area contributed by atoms with Crippen LogP contribution in [0, 0.1) is 11.3 Å². The van der Waals surface area contributed by atoms with E-state index in [9.17, 15) is 13.2 Å². The molecule has 0 spiro atoms. The first kappa shape index (κ1) is 28.3. The Morgan fingerprint density at radius 1 is 1.00 bits per heavy atom. The van der Waals surface area contributed by atoms with Gasteiger partial charge in [0.05, 0.1) is 4.90 Å². The van der Waals surface area contributed by atoms with Crippen molar-refractivity contribution in [1.82, 2.24) is 0 Å². The number of benzene rings is 3. The van der Waals surface area contributed by atoms with Crippen LogP contribution >= 0.6 is 0 Å². The smallest absolute Gasteiger partial charge is 0.409 e. The van der Waals surface area contributed by atoms with Crippen LogP contribution in [0.15, 0.2) is 77.7 Å². The number of amidine groups is 1. The maximum Gasteiger partial charge on any atom is 0.409 e. The molecule has 0 bridgehead atoms. The Bertz CT molecular complexity index is 1290. The van der Waals surface area contributed by atoms with Crippen molar-refractivity contribution < 1.29 is 18.3 Å². The Kier molecular flexibility index (Phi) is 10.0. The van der Waals surface area contributed by atoms with Gasteiger partial charge in [-0.15, -0.1) is 0 Å². The fourth-order valence-corrected chi connectivity index (χ4v) is 4.11. The van der Waals surface area contributed by atoms with E-state index in [-0.39, 0.29) is 10.7 Å². The summed E-state index contributed by atoms with van der Waals surface area (Å²) in [4.78, 5) is 10.5. The van der Waals surface area contributed by atoms with E-state index >= 15 is 0 Å². The molecule has 3 aromatic rings. The van der Waals surface area contributed by atoms with Gasteiger partial charge in [-0.2, -0.15) is 0 Å². The molecule has 0 aliphatic rings. The van der Waals surface area contributed by atoms with Crippen LogP contribution in [-0.2, 0) is 10.0 Å². The zero-order valence-corrected chi connectivity index (χ0v) is 21.3. The molecule has 0 unspecified atom stereocenters. The van der Waals surface area contributed by atoms with Gasteiger partial charge in [-0.1, -0.05) is 62.7 Å². The molecule has 10 heteroatoms. The summed E-state index contributed by atoms with van der Waals surface area (Å²) in [6, 6.07) is 20.8. The van der Waals surface area contributed by atoms with Gasteiger partial charge in [-0.05, 0) is 48.7 Å². The van der Waals surface area contributed by atoms with E-state index in [2.05, 4.69) is 31.4 Å². The molecule has 0 aromatic heterocycles. The second-order valence-electron chi connectivity index (χ2n) is 8.36. The van der Waals surface area contributed by atoms with Crippen LogP contribution in [-0.4, -0.2) is 31.5 Å².